The SMILES string of the molecule is CCCC(C(=O)O)=C(C(=O)O)C(C)N1CCOCC1. The summed E-state index contributed by atoms with van der Waals surface area (Å²) in [4.78, 5) is 24.6. The van der Waals surface area contributed by atoms with E-state index >= 15 is 0 Å². The number of hydrogen-bond acceptors (Lipinski definition) is 4. The average Bonchev–Trinajstić information content (AvgIpc) is 2.38. The standard InChI is InChI=1S/C13H21NO5/c1-3-4-10(12(15)16)11(13(17)18)9(2)14-5-7-19-8-6-14/h9H,3-8H2,1-2H3,(H,15,16)(H,17,18). The molecule has 1 aliphatic rings. The number of carboxylic acids is 2. The van der Waals surface area contributed by atoms with Crippen LogP contribution in [0.1, 0.15) is 26.7 Å². The van der Waals surface area contributed by atoms with Crippen LogP contribution in [0.2, 0.25) is 0 Å². The van der Waals surface area contributed by atoms with Gasteiger partial charge in [-0.3, -0.25) is 4.90 Å². The minimum atomic E-state index is -1.15. The minimum absolute atomic E-state index is 0.00347. The van der Waals surface area contributed by atoms with Gasteiger partial charge in [0.05, 0.1) is 18.8 Å². The van der Waals surface area contributed by atoms with Crippen molar-refractivity contribution >= 4 is 11.9 Å². The smallest absolute Gasteiger partial charge is 0.333 e. The van der Waals surface area contributed by atoms with Crippen molar-refractivity contribution in [3.8, 4) is 0 Å². The van der Waals surface area contributed by atoms with Crippen LogP contribution < -0.4 is 0 Å². The van der Waals surface area contributed by atoms with E-state index < -0.39 is 18.0 Å². The Hall–Kier alpha value is -1.40. The fraction of sp³-hybridized carbons (Fsp3) is 0.692. The van der Waals surface area contributed by atoms with Crippen molar-refractivity contribution < 1.29 is 24.5 Å². The molecule has 1 saturated heterocycles. The highest BCUT2D eigenvalue weighted by Gasteiger charge is 2.29. The first-order valence-electron chi connectivity index (χ1n) is 6.50. The van der Waals surface area contributed by atoms with E-state index in [1.165, 1.54) is 0 Å². The largest absolute Gasteiger partial charge is 0.478 e. The number of morpholine rings is 1. The summed E-state index contributed by atoms with van der Waals surface area (Å²) >= 11 is 0. The lowest BCUT2D eigenvalue weighted by Gasteiger charge is -2.33. The first kappa shape index (κ1) is 15.7. The van der Waals surface area contributed by atoms with Gasteiger partial charge >= 0.3 is 11.9 Å². The summed E-state index contributed by atoms with van der Waals surface area (Å²) < 4.78 is 5.22. The third kappa shape index (κ3) is 4.04. The van der Waals surface area contributed by atoms with Crippen LogP contribution in [-0.2, 0) is 14.3 Å². The topological polar surface area (TPSA) is 87.1 Å². The third-order valence-electron chi connectivity index (χ3n) is 3.32. The molecule has 0 aromatic heterocycles. The van der Waals surface area contributed by atoms with Gasteiger partial charge in [-0.2, -0.15) is 0 Å². The van der Waals surface area contributed by atoms with E-state index in [1.54, 1.807) is 6.92 Å². The second-order valence-electron chi connectivity index (χ2n) is 4.58. The quantitative estimate of drug-likeness (QED) is 0.700. The molecule has 1 aliphatic heterocycles. The van der Waals surface area contributed by atoms with Crippen LogP contribution in [0.25, 0.3) is 0 Å². The van der Waals surface area contributed by atoms with Gasteiger partial charge in [0.25, 0.3) is 0 Å². The molecular formula is C13H21NO5. The van der Waals surface area contributed by atoms with Gasteiger partial charge in [-0.05, 0) is 13.3 Å². The van der Waals surface area contributed by atoms with Crippen molar-refractivity contribution in [3.05, 3.63) is 11.1 Å². The summed E-state index contributed by atoms with van der Waals surface area (Å²) in [5.74, 6) is -2.29. The third-order valence-corrected chi connectivity index (χ3v) is 3.32. The Kier molecular flexibility index (Phi) is 5.98. The summed E-state index contributed by atoms with van der Waals surface area (Å²) in [6, 6.07) is -0.418. The Morgan fingerprint density at radius 2 is 1.79 bits per heavy atom. The molecule has 0 radical (unpaired) electrons. The van der Waals surface area contributed by atoms with Crippen LogP contribution in [0.3, 0.4) is 0 Å². The first-order chi connectivity index (χ1) is 8.99. The van der Waals surface area contributed by atoms with Gasteiger partial charge in [-0.25, -0.2) is 9.59 Å². The molecule has 0 aliphatic carbocycles. The van der Waals surface area contributed by atoms with Crippen LogP contribution in [0.4, 0.5) is 0 Å². The van der Waals surface area contributed by atoms with Crippen molar-refractivity contribution in [3.63, 3.8) is 0 Å². The maximum absolute atomic E-state index is 11.4. The Bertz CT molecular complexity index is 371. The second kappa shape index (κ2) is 7.25. The summed E-state index contributed by atoms with van der Waals surface area (Å²) in [5, 5.41) is 18.5. The Balaban J connectivity index is 3.06. The molecule has 0 bridgehead atoms. The number of hydrogen-bond donors (Lipinski definition) is 2. The zero-order chi connectivity index (χ0) is 14.4. The zero-order valence-electron chi connectivity index (χ0n) is 11.4. The average molecular weight is 271 g/mol. The van der Waals surface area contributed by atoms with E-state index in [9.17, 15) is 19.8 Å². The van der Waals surface area contributed by atoms with Crippen LogP contribution >= 0.6 is 0 Å². The van der Waals surface area contributed by atoms with Gasteiger partial charge in [-0.1, -0.05) is 13.3 Å². The van der Waals surface area contributed by atoms with E-state index in [-0.39, 0.29) is 17.6 Å². The molecule has 6 heteroatoms. The lowest BCUT2D eigenvalue weighted by atomic mass is 9.97. The molecule has 1 heterocycles. The molecule has 0 aromatic rings. The Morgan fingerprint density at radius 1 is 1.21 bits per heavy atom. The molecule has 0 aromatic carbocycles. The molecule has 2 N–H and O–H groups in total. The number of carboxylic acid groups (broad SMARTS) is 2. The highest BCUT2D eigenvalue weighted by molar-refractivity contribution is 5.99. The molecule has 1 fully saturated rings. The van der Waals surface area contributed by atoms with Gasteiger partial charge < -0.3 is 14.9 Å². The maximum atomic E-state index is 11.4. The summed E-state index contributed by atoms with van der Waals surface area (Å²) in [7, 11) is 0. The van der Waals surface area contributed by atoms with Gasteiger partial charge in [-0.15, -0.1) is 0 Å². The van der Waals surface area contributed by atoms with Gasteiger partial charge in [0.2, 0.25) is 0 Å². The minimum Gasteiger partial charge on any atom is -0.478 e. The monoisotopic (exact) mass is 271 g/mol. The number of rotatable bonds is 6. The number of aliphatic carboxylic acids is 2. The van der Waals surface area contributed by atoms with Crippen molar-refractivity contribution in [2.45, 2.75) is 32.7 Å². The highest BCUT2D eigenvalue weighted by Crippen LogP contribution is 2.20. The number of carbonyl (C=O) groups is 2. The molecule has 0 saturated carbocycles. The van der Waals surface area contributed by atoms with Crippen LogP contribution in [0, 0.1) is 0 Å². The second-order valence-corrected chi connectivity index (χ2v) is 4.58. The van der Waals surface area contributed by atoms with Crippen LogP contribution in [-0.4, -0.2) is 59.4 Å². The lowest BCUT2D eigenvalue weighted by Crippen LogP contribution is -2.44. The molecule has 1 unspecified atom stereocenters. The Labute approximate surface area is 112 Å². The van der Waals surface area contributed by atoms with Crippen molar-refractivity contribution in [2.75, 3.05) is 26.3 Å². The van der Waals surface area contributed by atoms with Gasteiger partial charge in [0.1, 0.15) is 0 Å². The molecule has 6 nitrogen and oxygen atoms in total. The zero-order valence-corrected chi connectivity index (χ0v) is 11.4. The highest BCUT2D eigenvalue weighted by atomic mass is 16.5. The number of nitrogens with zero attached hydrogens (tertiary/aromatic N) is 1. The molecule has 0 amide bonds. The Morgan fingerprint density at radius 3 is 2.21 bits per heavy atom. The molecule has 19 heavy (non-hydrogen) atoms. The molecule has 108 valence electrons. The predicted octanol–water partition coefficient (Wildman–Crippen LogP) is 0.973. The fourth-order valence-electron chi connectivity index (χ4n) is 2.31. The lowest BCUT2D eigenvalue weighted by molar-refractivity contribution is -0.136. The normalized spacial score (nSPS) is 19.7. The predicted molar refractivity (Wildman–Crippen MR) is 69.1 cm³/mol. The van der Waals surface area contributed by atoms with Crippen LogP contribution in [0.5, 0.6) is 0 Å². The maximum Gasteiger partial charge on any atom is 0.333 e. The van der Waals surface area contributed by atoms with Crippen molar-refractivity contribution in [2.24, 2.45) is 0 Å². The summed E-state index contributed by atoms with van der Waals surface area (Å²) in [6.45, 7) is 5.92. The number of ether oxygens (including phenoxy) is 1. The molecule has 1 rings (SSSR count). The van der Waals surface area contributed by atoms with E-state index in [1.807, 2.05) is 11.8 Å². The van der Waals surface area contributed by atoms with Gasteiger partial charge in [0.15, 0.2) is 0 Å². The first-order valence-corrected chi connectivity index (χ1v) is 6.50. The molecular weight excluding hydrogens is 250 g/mol. The van der Waals surface area contributed by atoms with E-state index in [2.05, 4.69) is 0 Å². The summed E-state index contributed by atoms with van der Waals surface area (Å²) in [6.07, 6.45) is 0.875. The summed E-state index contributed by atoms with van der Waals surface area (Å²) in [5.41, 5.74) is 0.00485. The van der Waals surface area contributed by atoms with Crippen molar-refractivity contribution in [1.29, 1.82) is 0 Å². The van der Waals surface area contributed by atoms with Crippen molar-refractivity contribution in [1.82, 2.24) is 4.90 Å². The molecule has 1 atom stereocenters. The fourth-order valence-corrected chi connectivity index (χ4v) is 2.31. The van der Waals surface area contributed by atoms with Crippen LogP contribution in [0.15, 0.2) is 11.1 Å². The van der Waals surface area contributed by atoms with E-state index in [0.717, 1.165) is 0 Å². The molecule has 0 spiro atoms. The van der Waals surface area contributed by atoms with E-state index in [4.69, 9.17) is 4.74 Å². The van der Waals surface area contributed by atoms with Gasteiger partial charge in [0, 0.05) is 24.7 Å². The van der Waals surface area contributed by atoms with E-state index in [0.29, 0.717) is 32.7 Å².